The van der Waals surface area contributed by atoms with E-state index in [4.69, 9.17) is 0 Å². The monoisotopic (exact) mass is 219 g/mol. The molecule has 0 bridgehead atoms. The smallest absolute Gasteiger partial charge is 0.0377 e. The molecule has 1 atom stereocenters. The van der Waals surface area contributed by atoms with Crippen molar-refractivity contribution in [3.05, 3.63) is 29.8 Å². The highest BCUT2D eigenvalue weighted by atomic mass is 14.9. The van der Waals surface area contributed by atoms with Crippen LogP contribution >= 0.6 is 0 Å². The molecule has 0 heterocycles. The maximum Gasteiger partial charge on any atom is 0.0377 e. The summed E-state index contributed by atoms with van der Waals surface area (Å²) in [4.78, 5) is 0. The summed E-state index contributed by atoms with van der Waals surface area (Å²) in [5.41, 5.74) is 2.71. The average molecular weight is 219 g/mol. The maximum atomic E-state index is 3.62. The molecule has 0 aliphatic carbocycles. The summed E-state index contributed by atoms with van der Waals surface area (Å²) in [5, 5.41) is 3.62. The van der Waals surface area contributed by atoms with Crippen molar-refractivity contribution in [3.63, 3.8) is 0 Å². The van der Waals surface area contributed by atoms with Crippen molar-refractivity contribution < 1.29 is 0 Å². The third kappa shape index (κ3) is 3.88. The van der Waals surface area contributed by atoms with Crippen molar-refractivity contribution in [2.24, 2.45) is 5.92 Å². The number of nitrogens with one attached hydrogen (secondary N) is 1. The van der Waals surface area contributed by atoms with E-state index in [9.17, 15) is 0 Å². The van der Waals surface area contributed by atoms with Gasteiger partial charge in [-0.1, -0.05) is 45.9 Å². The largest absolute Gasteiger partial charge is 0.382 e. The third-order valence-electron chi connectivity index (χ3n) is 2.81. The van der Waals surface area contributed by atoms with Crippen LogP contribution in [0.5, 0.6) is 0 Å². The number of rotatable bonds is 5. The minimum Gasteiger partial charge on any atom is -0.382 e. The number of para-hydroxylation sites is 1. The van der Waals surface area contributed by atoms with Gasteiger partial charge < -0.3 is 5.32 Å². The Kier molecular flexibility index (Phi) is 4.85. The highest BCUT2D eigenvalue weighted by Gasteiger charge is 2.09. The number of hydrogen-bond acceptors (Lipinski definition) is 1. The van der Waals surface area contributed by atoms with E-state index in [1.54, 1.807) is 0 Å². The van der Waals surface area contributed by atoms with Crippen LogP contribution in [-0.4, -0.2) is 6.04 Å². The zero-order chi connectivity index (χ0) is 12.1. The first-order valence-electron chi connectivity index (χ1n) is 6.36. The maximum absolute atomic E-state index is 3.62. The van der Waals surface area contributed by atoms with Crippen molar-refractivity contribution in [1.29, 1.82) is 0 Å². The zero-order valence-electron chi connectivity index (χ0n) is 11.2. The third-order valence-corrected chi connectivity index (χ3v) is 2.81. The molecule has 0 amide bonds. The second-order valence-corrected chi connectivity index (χ2v) is 5.42. The lowest BCUT2D eigenvalue weighted by atomic mass is 9.99. The van der Waals surface area contributed by atoms with Crippen LogP contribution in [0.1, 0.15) is 52.5 Å². The van der Waals surface area contributed by atoms with Crippen molar-refractivity contribution in [2.45, 2.75) is 53.0 Å². The van der Waals surface area contributed by atoms with Gasteiger partial charge in [0.2, 0.25) is 0 Å². The fourth-order valence-electron chi connectivity index (χ4n) is 2.16. The number of hydrogen-bond donors (Lipinski definition) is 1. The molecular formula is C15H25N. The molecule has 0 saturated heterocycles. The van der Waals surface area contributed by atoms with Gasteiger partial charge in [0.15, 0.2) is 0 Å². The highest BCUT2D eigenvalue weighted by Crippen LogP contribution is 2.25. The number of anilines is 1. The molecule has 1 unspecified atom stereocenters. The molecule has 0 saturated carbocycles. The Morgan fingerprint density at radius 2 is 1.62 bits per heavy atom. The molecular weight excluding hydrogens is 194 g/mol. The van der Waals surface area contributed by atoms with Crippen LogP contribution in [0.4, 0.5) is 5.69 Å². The molecule has 0 aromatic heterocycles. The first kappa shape index (κ1) is 13.1. The Bertz CT molecular complexity index is 315. The van der Waals surface area contributed by atoms with Gasteiger partial charge in [0.1, 0.15) is 0 Å². The molecule has 0 fully saturated rings. The predicted octanol–water partition coefficient (Wildman–Crippen LogP) is 4.66. The molecule has 0 spiro atoms. The van der Waals surface area contributed by atoms with Crippen molar-refractivity contribution >= 4 is 5.69 Å². The zero-order valence-corrected chi connectivity index (χ0v) is 11.2. The molecule has 0 aliphatic heterocycles. The number of benzene rings is 1. The van der Waals surface area contributed by atoms with Crippen LogP contribution in [-0.2, 0) is 0 Å². The standard InChI is InChI=1S/C15H25N/c1-11(2)10-13(5)16-15-9-7-6-8-14(15)12(3)4/h6-9,11-13,16H,10H2,1-5H3. The molecule has 1 N–H and O–H groups in total. The van der Waals surface area contributed by atoms with Gasteiger partial charge in [-0.2, -0.15) is 0 Å². The van der Waals surface area contributed by atoms with Gasteiger partial charge in [-0.25, -0.2) is 0 Å². The minimum absolute atomic E-state index is 0.542. The Morgan fingerprint density at radius 3 is 2.19 bits per heavy atom. The lowest BCUT2D eigenvalue weighted by Crippen LogP contribution is -2.18. The lowest BCUT2D eigenvalue weighted by Gasteiger charge is -2.21. The van der Waals surface area contributed by atoms with Gasteiger partial charge in [-0.15, -0.1) is 0 Å². The molecule has 1 nitrogen and oxygen atoms in total. The Balaban J connectivity index is 2.72. The van der Waals surface area contributed by atoms with Crippen molar-refractivity contribution in [1.82, 2.24) is 0 Å². The fourth-order valence-corrected chi connectivity index (χ4v) is 2.16. The van der Waals surface area contributed by atoms with E-state index >= 15 is 0 Å². The highest BCUT2D eigenvalue weighted by molar-refractivity contribution is 5.53. The van der Waals surface area contributed by atoms with Gasteiger partial charge in [0.25, 0.3) is 0 Å². The summed E-state index contributed by atoms with van der Waals surface area (Å²) in [5.74, 6) is 1.32. The van der Waals surface area contributed by atoms with Gasteiger partial charge in [0, 0.05) is 11.7 Å². The van der Waals surface area contributed by atoms with Crippen LogP contribution < -0.4 is 5.32 Å². The average Bonchev–Trinajstić information content (AvgIpc) is 2.16. The Labute approximate surface area is 100 Å². The minimum atomic E-state index is 0.542. The molecule has 16 heavy (non-hydrogen) atoms. The van der Waals surface area contributed by atoms with Crippen LogP contribution in [0.25, 0.3) is 0 Å². The van der Waals surface area contributed by atoms with Crippen LogP contribution in [0.3, 0.4) is 0 Å². The van der Waals surface area contributed by atoms with Crippen LogP contribution in [0.2, 0.25) is 0 Å². The van der Waals surface area contributed by atoms with E-state index in [-0.39, 0.29) is 0 Å². The molecule has 90 valence electrons. The molecule has 1 heteroatoms. The SMILES string of the molecule is CC(C)CC(C)Nc1ccccc1C(C)C. The van der Waals surface area contributed by atoms with Gasteiger partial charge in [-0.05, 0) is 36.8 Å². The van der Waals surface area contributed by atoms with Gasteiger partial charge in [0.05, 0.1) is 0 Å². The first-order chi connectivity index (χ1) is 7.50. The van der Waals surface area contributed by atoms with E-state index in [1.807, 2.05) is 0 Å². The molecule has 0 aliphatic rings. The second-order valence-electron chi connectivity index (χ2n) is 5.42. The molecule has 1 rings (SSSR count). The van der Waals surface area contributed by atoms with E-state index in [1.165, 1.54) is 17.7 Å². The molecule has 1 aromatic rings. The van der Waals surface area contributed by atoms with E-state index in [0.29, 0.717) is 12.0 Å². The summed E-state index contributed by atoms with van der Waals surface area (Å²) in [7, 11) is 0. The topological polar surface area (TPSA) is 12.0 Å². The van der Waals surface area contributed by atoms with Gasteiger partial charge >= 0.3 is 0 Å². The second kappa shape index (κ2) is 5.93. The summed E-state index contributed by atoms with van der Waals surface area (Å²) in [6, 6.07) is 9.17. The summed E-state index contributed by atoms with van der Waals surface area (Å²) in [6.07, 6.45) is 1.21. The normalized spacial score (nSPS) is 13.2. The van der Waals surface area contributed by atoms with Crippen molar-refractivity contribution in [2.75, 3.05) is 5.32 Å². The summed E-state index contributed by atoms with van der Waals surface area (Å²) in [6.45, 7) is 11.3. The first-order valence-corrected chi connectivity index (χ1v) is 6.36. The molecule has 0 radical (unpaired) electrons. The van der Waals surface area contributed by atoms with E-state index < -0.39 is 0 Å². The van der Waals surface area contributed by atoms with Crippen LogP contribution in [0.15, 0.2) is 24.3 Å². The molecule has 1 aromatic carbocycles. The fraction of sp³-hybridized carbons (Fsp3) is 0.600. The summed E-state index contributed by atoms with van der Waals surface area (Å²) < 4.78 is 0. The summed E-state index contributed by atoms with van der Waals surface area (Å²) >= 11 is 0. The van der Waals surface area contributed by atoms with E-state index in [0.717, 1.165) is 5.92 Å². The van der Waals surface area contributed by atoms with Crippen LogP contribution in [0, 0.1) is 5.92 Å². The van der Waals surface area contributed by atoms with Crippen molar-refractivity contribution in [3.8, 4) is 0 Å². The lowest BCUT2D eigenvalue weighted by molar-refractivity contribution is 0.539. The van der Waals surface area contributed by atoms with Gasteiger partial charge in [-0.3, -0.25) is 0 Å². The van der Waals surface area contributed by atoms with E-state index in [2.05, 4.69) is 64.2 Å². The predicted molar refractivity (Wildman–Crippen MR) is 73.1 cm³/mol. The quantitative estimate of drug-likeness (QED) is 0.759. The Morgan fingerprint density at radius 1 is 1.00 bits per heavy atom. The Hall–Kier alpha value is -0.980.